The molecule has 10 radical (unpaired) electrons. The van der Waals surface area contributed by atoms with Crippen molar-refractivity contribution < 1.29 is 26.5 Å². The number of rotatable bonds is 4. The molecule has 2 saturated carbocycles. The minimum absolute atomic E-state index is 0. The van der Waals surface area contributed by atoms with Crippen molar-refractivity contribution in [2.24, 2.45) is 21.8 Å². The van der Waals surface area contributed by atoms with Crippen molar-refractivity contribution in [2.75, 3.05) is 13.2 Å². The van der Waals surface area contributed by atoms with Gasteiger partial charge in [0, 0.05) is 0 Å². The molecule has 2 heterocycles. The van der Waals surface area contributed by atoms with Gasteiger partial charge in [0.15, 0.2) is 11.8 Å². The van der Waals surface area contributed by atoms with E-state index in [-0.39, 0.29) is 17.1 Å². The maximum atomic E-state index is 5.52. The first-order valence-electron chi connectivity index (χ1n) is 9.40. The summed E-state index contributed by atoms with van der Waals surface area (Å²) < 4.78 is 11.0. The van der Waals surface area contributed by atoms with Crippen LogP contribution < -0.4 is 0 Å². The Kier molecular flexibility index (Phi) is 9.14. The van der Waals surface area contributed by atoms with Gasteiger partial charge in [0.1, 0.15) is 13.2 Å². The quantitative estimate of drug-likeness (QED) is 0.666. The number of ether oxygens (including phenoxy) is 2. The second-order valence-electron chi connectivity index (χ2n) is 7.46. The van der Waals surface area contributed by atoms with E-state index in [1.54, 1.807) is 0 Å². The summed E-state index contributed by atoms with van der Waals surface area (Å²) in [5.41, 5.74) is 0. The molecule has 0 amide bonds. The van der Waals surface area contributed by atoms with E-state index in [1.807, 2.05) is 51.4 Å². The minimum Gasteiger partial charge on any atom is -0.478 e. The van der Waals surface area contributed by atoms with Gasteiger partial charge in [-0.15, -0.1) is 0 Å². The van der Waals surface area contributed by atoms with Gasteiger partial charge in [0.2, 0.25) is 0 Å². The number of aliphatic imine (C=N–C) groups is 2. The van der Waals surface area contributed by atoms with Gasteiger partial charge in [-0.05, 0) is 63.2 Å². The third-order valence-electron chi connectivity index (χ3n) is 4.71. The van der Waals surface area contributed by atoms with E-state index in [9.17, 15) is 0 Å². The molecule has 0 spiro atoms. The van der Waals surface area contributed by atoms with Crippen molar-refractivity contribution in [3.8, 4) is 0 Å². The number of hydrogen-bond acceptors (Lipinski definition) is 4. The molecule has 2 aliphatic heterocycles. The predicted molar refractivity (Wildman–Crippen MR) is 105 cm³/mol. The van der Waals surface area contributed by atoms with Crippen LogP contribution in [0.2, 0.25) is 0 Å². The maximum Gasteiger partial charge on any atom is 2.00 e. The number of nitrogens with zero attached hydrogens (tertiary/aromatic N) is 2. The number of hydrogen-bond donors (Lipinski definition) is 0. The first-order valence-corrected chi connectivity index (χ1v) is 9.40. The normalized spacial score (nSPS) is 28.4. The Hall–Kier alpha value is -0.541. The maximum absolute atomic E-state index is 5.52. The molecule has 2 aliphatic carbocycles. The van der Waals surface area contributed by atoms with E-state index in [0.717, 1.165) is 36.8 Å². The third-order valence-corrected chi connectivity index (χ3v) is 4.71. The summed E-state index contributed by atoms with van der Waals surface area (Å²) in [6.07, 6.45) is 16.1. The average Bonchev–Trinajstić information content (AvgIpc) is 3.44. The van der Waals surface area contributed by atoms with E-state index in [1.165, 1.54) is 0 Å². The van der Waals surface area contributed by atoms with Crippen LogP contribution in [0.1, 0.15) is 27.7 Å². The summed E-state index contributed by atoms with van der Waals surface area (Å²) in [5.74, 6) is 4.94. The Morgan fingerprint density at radius 2 is 1.04 bits per heavy atom. The van der Waals surface area contributed by atoms with Crippen LogP contribution in [0.25, 0.3) is 0 Å². The van der Waals surface area contributed by atoms with E-state index < -0.39 is 0 Å². The second-order valence-corrected chi connectivity index (χ2v) is 7.46. The van der Waals surface area contributed by atoms with Crippen molar-refractivity contribution >= 4 is 11.8 Å². The van der Waals surface area contributed by atoms with E-state index >= 15 is 0 Å². The first-order chi connectivity index (χ1) is 12.5. The molecule has 0 bridgehead atoms. The van der Waals surface area contributed by atoms with Gasteiger partial charge in [0.05, 0.1) is 23.9 Å². The van der Waals surface area contributed by atoms with Crippen LogP contribution in [-0.2, 0) is 26.5 Å². The van der Waals surface area contributed by atoms with Crippen LogP contribution in [0.3, 0.4) is 0 Å². The summed E-state index contributed by atoms with van der Waals surface area (Å²) in [7, 11) is 0. The third kappa shape index (κ3) is 6.22. The molecule has 2 fully saturated rings. The van der Waals surface area contributed by atoms with Crippen molar-refractivity contribution in [2.45, 2.75) is 39.8 Å². The molecular weight excluding hydrogens is 380 g/mol. The summed E-state index contributed by atoms with van der Waals surface area (Å²) in [6, 6.07) is 0.676. The Balaban J connectivity index is 0.000000187. The summed E-state index contributed by atoms with van der Waals surface area (Å²) in [4.78, 5) is 9.05. The smallest absolute Gasteiger partial charge is 0.478 e. The van der Waals surface area contributed by atoms with Gasteiger partial charge in [-0.25, -0.2) is 9.98 Å². The molecule has 0 aromatic heterocycles. The molecule has 4 aliphatic rings. The van der Waals surface area contributed by atoms with Crippen molar-refractivity contribution in [3.63, 3.8) is 0 Å². The van der Waals surface area contributed by atoms with E-state index in [0.29, 0.717) is 23.9 Å². The second kappa shape index (κ2) is 10.9. The molecule has 144 valence electrons. The molecule has 0 unspecified atom stereocenters. The van der Waals surface area contributed by atoms with Gasteiger partial charge in [0.25, 0.3) is 0 Å². The van der Waals surface area contributed by atoms with Crippen molar-refractivity contribution in [1.82, 2.24) is 0 Å². The summed E-state index contributed by atoms with van der Waals surface area (Å²) in [5, 5.41) is 0. The topological polar surface area (TPSA) is 43.2 Å². The molecule has 0 N–H and O–H groups in total. The minimum atomic E-state index is 0. The predicted octanol–water partition coefficient (Wildman–Crippen LogP) is 3.69. The summed E-state index contributed by atoms with van der Waals surface area (Å²) in [6.45, 7) is 10.2. The Morgan fingerprint density at radius 1 is 0.704 bits per heavy atom. The van der Waals surface area contributed by atoms with Crippen LogP contribution in [-0.4, -0.2) is 37.1 Å². The fraction of sp³-hybridized carbons (Fsp3) is 0.455. The van der Waals surface area contributed by atoms with Crippen LogP contribution in [0, 0.1) is 75.0 Å². The zero-order chi connectivity index (χ0) is 18.5. The largest absolute Gasteiger partial charge is 2.00 e. The summed E-state index contributed by atoms with van der Waals surface area (Å²) >= 11 is 0. The van der Waals surface area contributed by atoms with Gasteiger partial charge >= 0.3 is 17.1 Å². The SMILES string of the molecule is CC(C)[C@H]1COC([C]2[CH][CH][CH][CH]2)=N1.CC(C)[C@H]1COC([C]2[CH][CH][CH][CH]2)=N1.[Fe+2]. The fourth-order valence-electron chi connectivity index (χ4n) is 2.81. The van der Waals surface area contributed by atoms with Crippen LogP contribution in [0.15, 0.2) is 9.98 Å². The zero-order valence-corrected chi connectivity index (χ0v) is 17.5. The van der Waals surface area contributed by atoms with E-state index in [4.69, 9.17) is 9.47 Å². The Bertz CT molecular complexity index is 460. The van der Waals surface area contributed by atoms with Crippen molar-refractivity contribution in [1.29, 1.82) is 0 Å². The van der Waals surface area contributed by atoms with Crippen LogP contribution in [0.4, 0.5) is 0 Å². The average molecular weight is 408 g/mol. The van der Waals surface area contributed by atoms with E-state index in [2.05, 4.69) is 37.7 Å². The van der Waals surface area contributed by atoms with Gasteiger partial charge in [-0.1, -0.05) is 27.7 Å². The Morgan fingerprint density at radius 3 is 1.30 bits per heavy atom. The molecule has 4 nitrogen and oxygen atoms in total. The molecule has 4 rings (SSSR count). The van der Waals surface area contributed by atoms with Gasteiger partial charge in [-0.3, -0.25) is 0 Å². The van der Waals surface area contributed by atoms with Crippen LogP contribution in [0.5, 0.6) is 0 Å². The van der Waals surface area contributed by atoms with Crippen LogP contribution >= 0.6 is 0 Å². The first kappa shape index (κ1) is 22.7. The molecule has 5 heteroatoms. The van der Waals surface area contributed by atoms with Crippen molar-refractivity contribution in [3.05, 3.63) is 63.2 Å². The molecule has 0 saturated heterocycles. The molecular formula is C22H28FeN2O2+2. The Labute approximate surface area is 176 Å². The fourth-order valence-corrected chi connectivity index (χ4v) is 2.81. The molecule has 2 atom stereocenters. The van der Waals surface area contributed by atoms with Gasteiger partial charge < -0.3 is 9.47 Å². The molecule has 27 heavy (non-hydrogen) atoms. The monoisotopic (exact) mass is 408 g/mol. The molecule has 0 aromatic carbocycles. The molecule has 0 aromatic rings. The van der Waals surface area contributed by atoms with Gasteiger partial charge in [-0.2, -0.15) is 0 Å². The zero-order valence-electron chi connectivity index (χ0n) is 16.4. The standard InChI is InChI=1S/2C11H14NO.Fe/c2*1-8(2)10-7-13-11(12-10)9-5-3-4-6-9;/h2*3-6,8,10H,7H2,1-2H3;/q;;+2/t2*10-;/m11./s1.